The number of hydrogen-bond donors (Lipinski definition) is 2. The Balaban J connectivity index is 0.00000176. The zero-order valence-electron chi connectivity index (χ0n) is 20.4. The zero-order chi connectivity index (χ0) is 26.1. The maximum atomic E-state index is 13.2. The summed E-state index contributed by atoms with van der Waals surface area (Å²) in [4.78, 5) is 14.2. The Morgan fingerprint density at radius 2 is 1.56 bits per heavy atom. The van der Waals surface area contributed by atoms with Crippen molar-refractivity contribution in [1.82, 2.24) is 10.2 Å². The van der Waals surface area contributed by atoms with Crippen LogP contribution >= 0.6 is 0 Å². The van der Waals surface area contributed by atoms with Gasteiger partial charge in [0.25, 0.3) is 0 Å². The van der Waals surface area contributed by atoms with Crippen LogP contribution in [-0.2, 0) is 24.1 Å². The quantitative estimate of drug-likeness (QED) is 0.387. The SMILES string of the molecule is CC.O=C(O)C1C(NCc2ccccc2)=C(c2ccccc2)CCN1Cc1cccc(C(F)(F)F)c1. The second kappa shape index (κ2) is 12.4. The molecule has 0 aliphatic carbocycles. The number of halogens is 3. The van der Waals surface area contributed by atoms with Crippen LogP contribution in [0.5, 0.6) is 0 Å². The van der Waals surface area contributed by atoms with Crippen molar-refractivity contribution in [1.29, 1.82) is 0 Å². The normalized spacial score (nSPS) is 16.2. The van der Waals surface area contributed by atoms with E-state index in [0.29, 0.717) is 30.8 Å². The van der Waals surface area contributed by atoms with Crippen LogP contribution in [0.15, 0.2) is 90.6 Å². The van der Waals surface area contributed by atoms with Crippen molar-refractivity contribution in [3.8, 4) is 0 Å². The maximum absolute atomic E-state index is 13.2. The molecule has 190 valence electrons. The van der Waals surface area contributed by atoms with Crippen LogP contribution in [0, 0.1) is 0 Å². The summed E-state index contributed by atoms with van der Waals surface area (Å²) >= 11 is 0. The minimum atomic E-state index is -4.45. The van der Waals surface area contributed by atoms with Crippen LogP contribution in [0.4, 0.5) is 13.2 Å². The number of nitrogens with one attached hydrogen (secondary N) is 1. The van der Waals surface area contributed by atoms with E-state index in [4.69, 9.17) is 0 Å². The molecule has 0 saturated carbocycles. The highest BCUT2D eigenvalue weighted by Crippen LogP contribution is 2.33. The number of rotatable bonds is 7. The van der Waals surface area contributed by atoms with E-state index in [0.717, 1.165) is 28.8 Å². The summed E-state index contributed by atoms with van der Waals surface area (Å²) < 4.78 is 39.6. The van der Waals surface area contributed by atoms with Crippen LogP contribution < -0.4 is 5.32 Å². The Hall–Kier alpha value is -3.58. The molecule has 1 atom stereocenters. The molecule has 0 bridgehead atoms. The molecule has 7 heteroatoms. The predicted molar refractivity (Wildman–Crippen MR) is 136 cm³/mol. The van der Waals surface area contributed by atoms with E-state index in [9.17, 15) is 23.1 Å². The number of alkyl halides is 3. The number of carbonyl (C=O) groups is 1. The van der Waals surface area contributed by atoms with Gasteiger partial charge in [0.15, 0.2) is 0 Å². The van der Waals surface area contributed by atoms with E-state index in [-0.39, 0.29) is 6.54 Å². The summed E-state index contributed by atoms with van der Waals surface area (Å²) in [6.07, 6.45) is -3.88. The molecule has 4 nitrogen and oxygen atoms in total. The Labute approximate surface area is 210 Å². The second-order valence-electron chi connectivity index (χ2n) is 8.26. The lowest BCUT2D eigenvalue weighted by molar-refractivity contribution is -0.142. The average Bonchev–Trinajstić information content (AvgIpc) is 2.89. The molecule has 36 heavy (non-hydrogen) atoms. The Bertz CT molecular complexity index is 1160. The standard InChI is InChI=1S/C27H25F3N2O2.C2H6/c28-27(29,30)22-13-7-10-20(16-22)18-32-15-14-23(21-11-5-2-6-12-21)24(25(32)26(33)34)31-17-19-8-3-1-4-9-19;1-2/h1-13,16,25,31H,14-15,17-18H2,(H,33,34);1-2H3. The van der Waals surface area contributed by atoms with Gasteiger partial charge in [-0.2, -0.15) is 13.2 Å². The summed E-state index contributed by atoms with van der Waals surface area (Å²) in [5.41, 5.74) is 3.10. The lowest BCUT2D eigenvalue weighted by Crippen LogP contribution is -2.49. The highest BCUT2D eigenvalue weighted by Gasteiger charge is 2.36. The van der Waals surface area contributed by atoms with Crippen molar-refractivity contribution >= 4 is 11.5 Å². The van der Waals surface area contributed by atoms with Crippen LogP contribution in [0.2, 0.25) is 0 Å². The minimum Gasteiger partial charge on any atom is -0.480 e. The third-order valence-corrected chi connectivity index (χ3v) is 5.93. The topological polar surface area (TPSA) is 52.6 Å². The smallest absolute Gasteiger partial charge is 0.416 e. The van der Waals surface area contributed by atoms with Crippen molar-refractivity contribution in [2.75, 3.05) is 6.54 Å². The van der Waals surface area contributed by atoms with E-state index < -0.39 is 23.8 Å². The molecular formula is C29H31F3N2O2. The van der Waals surface area contributed by atoms with Gasteiger partial charge in [0.2, 0.25) is 0 Å². The fourth-order valence-corrected chi connectivity index (χ4v) is 4.33. The average molecular weight is 497 g/mol. The molecule has 0 amide bonds. The molecule has 2 N–H and O–H groups in total. The molecule has 1 aliphatic heterocycles. The molecular weight excluding hydrogens is 465 g/mol. The highest BCUT2D eigenvalue weighted by molar-refractivity contribution is 5.84. The van der Waals surface area contributed by atoms with Gasteiger partial charge in [-0.3, -0.25) is 9.69 Å². The third kappa shape index (κ3) is 6.76. The molecule has 3 aromatic carbocycles. The molecule has 0 saturated heterocycles. The number of carboxylic acid groups (broad SMARTS) is 1. The Kier molecular flexibility index (Phi) is 9.31. The van der Waals surface area contributed by atoms with Gasteiger partial charge in [-0.15, -0.1) is 0 Å². The highest BCUT2D eigenvalue weighted by atomic mass is 19.4. The number of nitrogens with zero attached hydrogens (tertiary/aromatic N) is 1. The number of carboxylic acids is 1. The maximum Gasteiger partial charge on any atom is 0.416 e. The second-order valence-corrected chi connectivity index (χ2v) is 8.26. The van der Waals surface area contributed by atoms with Gasteiger partial charge < -0.3 is 10.4 Å². The van der Waals surface area contributed by atoms with Gasteiger partial charge >= 0.3 is 12.1 Å². The molecule has 4 rings (SSSR count). The first-order chi connectivity index (χ1) is 17.3. The van der Waals surface area contributed by atoms with E-state index in [2.05, 4.69) is 5.32 Å². The van der Waals surface area contributed by atoms with Crippen LogP contribution in [0.25, 0.3) is 5.57 Å². The van der Waals surface area contributed by atoms with Crippen molar-refractivity contribution in [2.24, 2.45) is 0 Å². The van der Waals surface area contributed by atoms with Crippen molar-refractivity contribution in [3.05, 3.63) is 113 Å². The lowest BCUT2D eigenvalue weighted by Gasteiger charge is -2.37. The van der Waals surface area contributed by atoms with Crippen LogP contribution in [0.1, 0.15) is 42.5 Å². The fourth-order valence-electron chi connectivity index (χ4n) is 4.33. The first-order valence-corrected chi connectivity index (χ1v) is 12.0. The predicted octanol–water partition coefficient (Wildman–Crippen LogP) is 6.59. The van der Waals surface area contributed by atoms with E-state index in [1.807, 2.05) is 74.5 Å². The summed E-state index contributed by atoms with van der Waals surface area (Å²) in [7, 11) is 0. The Morgan fingerprint density at radius 3 is 2.17 bits per heavy atom. The fraction of sp³-hybridized carbons (Fsp3) is 0.276. The van der Waals surface area contributed by atoms with Gasteiger partial charge in [0, 0.05) is 25.3 Å². The molecule has 1 heterocycles. The molecule has 0 radical (unpaired) electrons. The van der Waals surface area contributed by atoms with Gasteiger partial charge in [0.1, 0.15) is 6.04 Å². The molecule has 0 aromatic heterocycles. The third-order valence-electron chi connectivity index (χ3n) is 5.93. The Morgan fingerprint density at radius 1 is 0.944 bits per heavy atom. The van der Waals surface area contributed by atoms with E-state index in [1.54, 1.807) is 11.0 Å². The summed E-state index contributed by atoms with van der Waals surface area (Å²) in [5, 5.41) is 13.6. The van der Waals surface area contributed by atoms with Gasteiger partial charge in [-0.1, -0.05) is 92.7 Å². The number of hydrogen-bond acceptors (Lipinski definition) is 3. The monoisotopic (exact) mass is 496 g/mol. The van der Waals surface area contributed by atoms with Crippen LogP contribution in [-0.4, -0.2) is 28.6 Å². The van der Waals surface area contributed by atoms with Crippen LogP contribution in [0.3, 0.4) is 0 Å². The molecule has 0 spiro atoms. The molecule has 0 fully saturated rings. The van der Waals surface area contributed by atoms with E-state index >= 15 is 0 Å². The number of benzene rings is 3. The molecule has 1 unspecified atom stereocenters. The molecule has 3 aromatic rings. The summed E-state index contributed by atoms with van der Waals surface area (Å²) in [6.45, 7) is 4.95. The summed E-state index contributed by atoms with van der Waals surface area (Å²) in [5.74, 6) is -1.05. The van der Waals surface area contributed by atoms with Gasteiger partial charge in [0.05, 0.1) is 5.56 Å². The van der Waals surface area contributed by atoms with Gasteiger partial charge in [-0.05, 0) is 34.8 Å². The van der Waals surface area contributed by atoms with E-state index in [1.165, 1.54) is 6.07 Å². The van der Waals surface area contributed by atoms with Crippen molar-refractivity contribution in [3.63, 3.8) is 0 Å². The van der Waals surface area contributed by atoms with Gasteiger partial charge in [-0.25, -0.2) is 0 Å². The lowest BCUT2D eigenvalue weighted by atomic mass is 9.91. The van der Waals surface area contributed by atoms with Crippen molar-refractivity contribution in [2.45, 2.75) is 45.6 Å². The minimum absolute atomic E-state index is 0.0967. The largest absolute Gasteiger partial charge is 0.480 e. The molecule has 1 aliphatic rings. The first kappa shape index (κ1) is 27.0. The zero-order valence-corrected chi connectivity index (χ0v) is 20.4. The first-order valence-electron chi connectivity index (χ1n) is 12.0. The van der Waals surface area contributed by atoms with Crippen molar-refractivity contribution < 1.29 is 23.1 Å². The summed E-state index contributed by atoms with van der Waals surface area (Å²) in [6, 6.07) is 23.3. The number of aliphatic carboxylic acids is 1.